The van der Waals surface area contributed by atoms with Gasteiger partial charge in [-0.3, -0.25) is 48.1 Å². The van der Waals surface area contributed by atoms with Crippen molar-refractivity contribution in [2.75, 3.05) is 73.4 Å². The van der Waals surface area contributed by atoms with E-state index in [1.54, 1.807) is 86.1 Å². The number of carbonyl (C=O) groups is 11. The van der Waals surface area contributed by atoms with E-state index in [1.807, 2.05) is 96.9 Å². The van der Waals surface area contributed by atoms with Gasteiger partial charge in [-0.05, 0) is 98.7 Å². The van der Waals surface area contributed by atoms with Crippen molar-refractivity contribution in [3.63, 3.8) is 0 Å². The number of aliphatic hydroxyl groups is 4. The number of likely N-dealkylation sites (tertiary alicyclic amines) is 1. The summed E-state index contributed by atoms with van der Waals surface area (Å²) in [4.78, 5) is 156. The molecule has 3 heterocycles. The van der Waals surface area contributed by atoms with E-state index in [-0.39, 0.29) is 93.9 Å². The van der Waals surface area contributed by atoms with Gasteiger partial charge >= 0.3 is 12.1 Å². The van der Waals surface area contributed by atoms with Gasteiger partial charge in [-0.2, -0.15) is 0 Å². The predicted molar refractivity (Wildman–Crippen MR) is 423 cm³/mol. The zero-order valence-corrected chi connectivity index (χ0v) is 68.3. The van der Waals surface area contributed by atoms with Crippen molar-refractivity contribution < 1.29 is 96.9 Å². The molecule has 114 heavy (non-hydrogen) atoms. The molecule has 0 saturated carbocycles. The second-order valence-electron chi connectivity index (χ2n) is 31.3. The molecule has 3 aliphatic heterocycles. The van der Waals surface area contributed by atoms with Crippen LogP contribution in [0.4, 0.5) is 15.3 Å². The molecule has 634 valence electrons. The van der Waals surface area contributed by atoms with Crippen LogP contribution < -0.4 is 53.6 Å². The highest BCUT2D eigenvalue weighted by Crippen LogP contribution is 2.32. The summed E-state index contributed by atoms with van der Waals surface area (Å²) in [6.45, 7) is 16.7. The highest BCUT2D eigenvalue weighted by atomic mass is 16.6. The van der Waals surface area contributed by atoms with E-state index < -0.39 is 176 Å². The first-order valence-corrected chi connectivity index (χ1v) is 39.6. The Bertz CT molecular complexity index is 3590. The lowest BCUT2D eigenvalue weighted by Crippen LogP contribution is -2.59. The third-order valence-corrected chi connectivity index (χ3v) is 21.5. The first kappa shape index (κ1) is 93.9. The number of amides is 12. The Kier molecular flexibility index (Phi) is 37.9. The molecule has 3 saturated heterocycles. The maximum atomic E-state index is 14.7. The van der Waals surface area contributed by atoms with E-state index in [1.165, 1.54) is 14.2 Å². The largest absolute Gasteiger partial charge is 0.445 e. The van der Waals surface area contributed by atoms with Crippen molar-refractivity contribution in [3.05, 3.63) is 102 Å². The number of hydrogen-bond acceptors (Lipinski definition) is 21. The molecule has 0 aliphatic carbocycles. The number of primary amides is 1. The number of aliphatic hydroxyl groups excluding tert-OH is 4. The number of carbonyl (C=O) groups excluding carboxylic acids is 11. The lowest BCUT2D eigenvalue weighted by molar-refractivity contribution is -0.148. The molecule has 15 N–H and O–H groups in total. The summed E-state index contributed by atoms with van der Waals surface area (Å²) in [6.07, 6.45) is -11.8. The van der Waals surface area contributed by atoms with E-state index in [0.29, 0.717) is 37.9 Å². The Morgan fingerprint density at radius 1 is 0.588 bits per heavy atom. The molecule has 6 rings (SSSR count). The van der Waals surface area contributed by atoms with Crippen LogP contribution in [0, 0.1) is 29.6 Å². The van der Waals surface area contributed by atoms with Crippen LogP contribution in [0.25, 0.3) is 0 Å². The fraction of sp³-hybridized carbons (Fsp3) is 0.642. The maximum absolute atomic E-state index is 14.7. The van der Waals surface area contributed by atoms with Gasteiger partial charge in [0.2, 0.25) is 53.2 Å². The van der Waals surface area contributed by atoms with Crippen LogP contribution in [-0.4, -0.2) is 272 Å². The third-order valence-electron chi connectivity index (χ3n) is 21.5. The van der Waals surface area contributed by atoms with Crippen molar-refractivity contribution in [2.45, 2.75) is 236 Å². The molecule has 12 unspecified atom stereocenters. The molecule has 0 bridgehead atoms. The first-order valence-electron chi connectivity index (χ1n) is 39.6. The average molecular weight is 1600 g/mol. The van der Waals surface area contributed by atoms with Crippen molar-refractivity contribution in [3.8, 4) is 0 Å². The SMILES string of the molecule is CCC(C)C(C(CC(=O)N1CCCC1C(OC)C(C)C(=O)N[C@@H](Cc1ccccc1)C(=O)NCCc1ccc(NC(=O)C(CCCNC(N)=O)NC(=O)[C@H](NC(=O)C[C@@H]2O[C@H](CNC(=O)CC3OC(CNC(=O)OCc4ccccc4)[C@@H](O)[C@H]3O)C(O)C2O)C(C)C)cc1)OC)N(C)C(=O)[C@@H](NC(=O)C(C(C)C)N(C)C)C(C)C. The number of benzene rings is 3. The van der Waals surface area contributed by atoms with Gasteiger partial charge in [-0.15, -0.1) is 0 Å². The molecule has 3 aromatic carbocycles. The molecule has 33 heteroatoms. The molecule has 3 fully saturated rings. The number of anilines is 1. The number of nitrogens with one attached hydrogen (secondary N) is 9. The molecule has 3 aromatic rings. The number of ether oxygens (including phenoxy) is 5. The van der Waals surface area contributed by atoms with E-state index >= 15 is 0 Å². The summed E-state index contributed by atoms with van der Waals surface area (Å²) < 4.78 is 28.9. The van der Waals surface area contributed by atoms with Gasteiger partial charge in [0, 0.05) is 66.1 Å². The van der Waals surface area contributed by atoms with Crippen LogP contribution in [0.15, 0.2) is 84.9 Å². The molecule has 12 amide bonds. The maximum Gasteiger partial charge on any atom is 0.407 e. The lowest BCUT2D eigenvalue weighted by atomic mass is 9.89. The van der Waals surface area contributed by atoms with Crippen LogP contribution in [0.2, 0.25) is 0 Å². The molecule has 3 aliphatic rings. The lowest BCUT2D eigenvalue weighted by Gasteiger charge is -2.41. The van der Waals surface area contributed by atoms with E-state index in [4.69, 9.17) is 29.4 Å². The van der Waals surface area contributed by atoms with Crippen molar-refractivity contribution in [2.24, 2.45) is 35.3 Å². The van der Waals surface area contributed by atoms with E-state index in [0.717, 1.165) is 16.7 Å². The summed E-state index contributed by atoms with van der Waals surface area (Å²) in [6, 6.07) is 18.2. The van der Waals surface area contributed by atoms with Crippen LogP contribution in [0.1, 0.15) is 130 Å². The molecule has 0 aromatic heterocycles. The van der Waals surface area contributed by atoms with Crippen LogP contribution >= 0.6 is 0 Å². The monoisotopic (exact) mass is 1600 g/mol. The van der Waals surface area contributed by atoms with Crippen molar-refractivity contribution in [1.29, 1.82) is 0 Å². The van der Waals surface area contributed by atoms with Gasteiger partial charge in [0.05, 0.1) is 67.7 Å². The molecule has 19 atom stereocenters. The highest BCUT2D eigenvalue weighted by molar-refractivity contribution is 5.98. The average Bonchev–Trinajstić information content (AvgIpc) is 1.50. The molecular weight excluding hydrogens is 1470 g/mol. The van der Waals surface area contributed by atoms with Gasteiger partial charge in [0.1, 0.15) is 67.4 Å². The summed E-state index contributed by atoms with van der Waals surface area (Å²) >= 11 is 0. The zero-order chi connectivity index (χ0) is 84.2. The van der Waals surface area contributed by atoms with Crippen LogP contribution in [0.5, 0.6) is 0 Å². The Morgan fingerprint density at radius 2 is 1.16 bits per heavy atom. The van der Waals surface area contributed by atoms with Gasteiger partial charge in [-0.25, -0.2) is 9.59 Å². The summed E-state index contributed by atoms with van der Waals surface area (Å²) in [7, 11) is 8.36. The normalized spacial score (nSPS) is 22.1. The second kappa shape index (κ2) is 46.0. The Labute approximate surface area is 669 Å². The van der Waals surface area contributed by atoms with Gasteiger partial charge in [0.15, 0.2) is 0 Å². The highest BCUT2D eigenvalue weighted by Gasteiger charge is 2.48. The first-order chi connectivity index (χ1) is 54.1. The molecule has 0 radical (unpaired) electrons. The van der Waals surface area contributed by atoms with Gasteiger partial charge < -0.3 is 107 Å². The Balaban J connectivity index is 1.01. The number of likely N-dealkylation sites (N-methyl/N-ethyl adjacent to an activating group) is 2. The Morgan fingerprint density at radius 3 is 1.71 bits per heavy atom. The number of nitrogens with two attached hydrogens (primary N) is 1. The number of urea groups is 1. The van der Waals surface area contributed by atoms with Crippen molar-refractivity contribution >= 4 is 71.0 Å². The predicted octanol–water partition coefficient (Wildman–Crippen LogP) is 1.53. The number of nitrogens with zero attached hydrogens (tertiary/aromatic N) is 3. The fourth-order valence-corrected chi connectivity index (χ4v) is 15.0. The fourth-order valence-electron chi connectivity index (χ4n) is 15.0. The van der Waals surface area contributed by atoms with Crippen LogP contribution in [0.3, 0.4) is 0 Å². The Hall–Kier alpha value is -8.93. The van der Waals surface area contributed by atoms with Crippen molar-refractivity contribution in [1.82, 2.24) is 57.2 Å². The minimum Gasteiger partial charge on any atom is -0.445 e. The standard InChI is InChI=1S/C81H125N13O20/c1-15-48(8)68(93(12)79(107)66(46(4)5)91-78(106)67(47(6)7)92(10)11)57(110-13)41-64(97)94-37-23-29-56(94)73(111-14)49(9)74(102)89-55(38-51-24-18-16-19-25-51)75(103)83-36-34-50-30-32-53(33-31-50)87-76(104)54(28-22-35-84-80(82)108)88-77(105)65(45(2)3)90-63(96)40-59-70(99)71(100)60(114-59)42-85-62(95)39-58-69(98)72(101)61(113-58)43-86-81(109)112-44-52-26-20-17-21-27-52/h16-21,24-27,30-33,45-49,54-61,65-73,98-101H,15,22-23,28-29,34-44H2,1-14H3,(H,83,103)(H,85,95)(H,86,109)(H,87,104)(H,88,105)(H,89,102)(H,90,96)(H,91,106)(H3,82,84,108)/t48?,49?,54?,55-,56?,57?,58?,59-,60+,61?,65+,66-,67?,68?,69-,70?,71?,72+,73?/m0/s1. The summed E-state index contributed by atoms with van der Waals surface area (Å²) in [5.74, 6) is -6.32. The van der Waals surface area contributed by atoms with Gasteiger partial charge in [-0.1, -0.05) is 142 Å². The topological polar surface area (TPSA) is 459 Å². The van der Waals surface area contributed by atoms with Gasteiger partial charge in [0.25, 0.3) is 0 Å². The summed E-state index contributed by atoms with van der Waals surface area (Å²) in [5, 5.41) is 67.8. The number of hydrogen-bond donors (Lipinski definition) is 14. The zero-order valence-electron chi connectivity index (χ0n) is 68.3. The third kappa shape index (κ3) is 27.6. The molecule has 33 nitrogen and oxygen atoms in total. The quantitative estimate of drug-likeness (QED) is 0.0357. The minimum atomic E-state index is -1.61. The van der Waals surface area contributed by atoms with E-state index in [2.05, 4.69) is 47.9 Å². The number of alkyl carbamates (subject to hydrolysis) is 1. The number of rotatable bonds is 44. The van der Waals surface area contributed by atoms with Crippen LogP contribution in [-0.2, 0) is 86.3 Å². The van der Waals surface area contributed by atoms with E-state index in [9.17, 15) is 73.2 Å². The minimum absolute atomic E-state index is 0.00444. The second-order valence-corrected chi connectivity index (χ2v) is 31.3. The number of methoxy groups -OCH3 is 2. The smallest absolute Gasteiger partial charge is 0.407 e. The summed E-state index contributed by atoms with van der Waals surface area (Å²) in [5.41, 5.74) is 7.94. The molecular formula is C81H125N13O20. The molecule has 0 spiro atoms.